The predicted octanol–water partition coefficient (Wildman–Crippen LogP) is 3.67. The second-order valence-electron chi connectivity index (χ2n) is 4.22. The first-order valence-electron chi connectivity index (χ1n) is 6.45. The Morgan fingerprint density at radius 3 is 3.05 bits per heavy atom. The maximum absolute atomic E-state index is 9.03. The Morgan fingerprint density at radius 1 is 1.47 bits per heavy atom. The summed E-state index contributed by atoms with van der Waals surface area (Å²) in [6.45, 7) is 3.02. The SMILES string of the molecule is CCCNC(C#N)CCSc1nc2ccccc2s1. The lowest BCUT2D eigenvalue weighted by Crippen LogP contribution is -2.28. The van der Waals surface area contributed by atoms with E-state index in [9.17, 15) is 0 Å². The first kappa shape index (κ1) is 14.3. The molecule has 0 aliphatic rings. The Kier molecular flexibility index (Phi) is 5.64. The summed E-state index contributed by atoms with van der Waals surface area (Å²) in [5, 5.41) is 12.3. The van der Waals surface area contributed by atoms with E-state index in [4.69, 9.17) is 5.26 Å². The maximum Gasteiger partial charge on any atom is 0.151 e. The van der Waals surface area contributed by atoms with E-state index in [1.807, 2.05) is 18.2 Å². The summed E-state index contributed by atoms with van der Waals surface area (Å²) < 4.78 is 2.32. The number of nitrogens with one attached hydrogen (secondary N) is 1. The van der Waals surface area contributed by atoms with Gasteiger partial charge < -0.3 is 5.32 Å². The molecule has 1 N–H and O–H groups in total. The highest BCUT2D eigenvalue weighted by Crippen LogP contribution is 2.29. The zero-order chi connectivity index (χ0) is 13.5. The van der Waals surface area contributed by atoms with Gasteiger partial charge in [-0.1, -0.05) is 30.8 Å². The maximum atomic E-state index is 9.03. The molecule has 1 heterocycles. The summed E-state index contributed by atoms with van der Waals surface area (Å²) in [6, 6.07) is 10.4. The molecule has 0 saturated heterocycles. The van der Waals surface area contributed by atoms with E-state index in [0.29, 0.717) is 0 Å². The fourth-order valence-corrected chi connectivity index (χ4v) is 3.85. The molecule has 1 aromatic carbocycles. The van der Waals surface area contributed by atoms with Crippen LogP contribution in [-0.4, -0.2) is 23.3 Å². The fraction of sp³-hybridized carbons (Fsp3) is 0.429. The summed E-state index contributed by atoms with van der Waals surface area (Å²) in [7, 11) is 0. The lowest BCUT2D eigenvalue weighted by molar-refractivity contribution is 0.585. The van der Waals surface area contributed by atoms with Crippen molar-refractivity contribution in [1.82, 2.24) is 10.3 Å². The third-order valence-corrected chi connectivity index (χ3v) is 4.92. The van der Waals surface area contributed by atoms with Gasteiger partial charge in [-0.15, -0.1) is 11.3 Å². The van der Waals surface area contributed by atoms with Gasteiger partial charge in [-0.3, -0.25) is 0 Å². The number of thiazole rings is 1. The number of rotatable bonds is 7. The molecule has 0 spiro atoms. The van der Waals surface area contributed by atoms with Crippen LogP contribution in [0.5, 0.6) is 0 Å². The van der Waals surface area contributed by atoms with Gasteiger partial charge in [-0.25, -0.2) is 4.98 Å². The molecule has 2 rings (SSSR count). The number of hydrogen-bond acceptors (Lipinski definition) is 5. The molecule has 3 nitrogen and oxygen atoms in total. The van der Waals surface area contributed by atoms with Crippen LogP contribution in [0.2, 0.25) is 0 Å². The molecule has 5 heteroatoms. The van der Waals surface area contributed by atoms with Crippen LogP contribution in [0.1, 0.15) is 19.8 Å². The van der Waals surface area contributed by atoms with Gasteiger partial charge in [0.25, 0.3) is 0 Å². The fourth-order valence-electron chi connectivity index (χ4n) is 1.71. The Labute approximate surface area is 122 Å². The van der Waals surface area contributed by atoms with Crippen molar-refractivity contribution < 1.29 is 0 Å². The summed E-state index contributed by atoms with van der Waals surface area (Å²) in [5.74, 6) is 0.925. The summed E-state index contributed by atoms with van der Waals surface area (Å²) in [6.07, 6.45) is 1.92. The van der Waals surface area contributed by atoms with Crippen LogP contribution in [-0.2, 0) is 0 Å². The number of fused-ring (bicyclic) bond motifs is 1. The number of para-hydroxylation sites is 1. The minimum atomic E-state index is -0.0400. The van der Waals surface area contributed by atoms with Crippen molar-refractivity contribution in [3.63, 3.8) is 0 Å². The monoisotopic (exact) mass is 291 g/mol. The molecule has 1 atom stereocenters. The van der Waals surface area contributed by atoms with Gasteiger partial charge in [0, 0.05) is 5.75 Å². The van der Waals surface area contributed by atoms with Crippen LogP contribution in [0.25, 0.3) is 10.2 Å². The number of aromatic nitrogens is 1. The van der Waals surface area contributed by atoms with E-state index < -0.39 is 0 Å². The predicted molar refractivity (Wildman–Crippen MR) is 82.7 cm³/mol. The normalized spacial score (nSPS) is 12.4. The van der Waals surface area contributed by atoms with Crippen LogP contribution >= 0.6 is 23.1 Å². The smallest absolute Gasteiger partial charge is 0.151 e. The van der Waals surface area contributed by atoms with Crippen molar-refractivity contribution in [2.45, 2.75) is 30.1 Å². The molecular weight excluding hydrogens is 274 g/mol. The highest BCUT2D eigenvalue weighted by molar-refractivity contribution is 8.01. The average molecular weight is 291 g/mol. The van der Waals surface area contributed by atoms with E-state index in [2.05, 4.69) is 29.4 Å². The largest absolute Gasteiger partial charge is 0.302 e. The zero-order valence-electron chi connectivity index (χ0n) is 10.9. The van der Waals surface area contributed by atoms with E-state index in [1.165, 1.54) is 4.70 Å². The standard InChI is InChI=1S/C14H17N3S2/c1-2-8-16-11(10-15)7-9-18-14-17-12-5-3-4-6-13(12)19-14/h3-6,11,16H,2,7-9H2,1H3. The molecule has 1 aromatic heterocycles. The summed E-state index contributed by atoms with van der Waals surface area (Å²) in [4.78, 5) is 4.58. The Balaban J connectivity index is 1.83. The topological polar surface area (TPSA) is 48.7 Å². The third-order valence-electron chi connectivity index (χ3n) is 2.70. The van der Waals surface area contributed by atoms with Gasteiger partial charge in [0.1, 0.15) is 0 Å². The van der Waals surface area contributed by atoms with Crippen molar-refractivity contribution in [3.8, 4) is 6.07 Å². The molecule has 0 bridgehead atoms. The van der Waals surface area contributed by atoms with Crippen molar-refractivity contribution in [2.24, 2.45) is 0 Å². The molecule has 0 amide bonds. The van der Waals surface area contributed by atoms with Crippen molar-refractivity contribution in [2.75, 3.05) is 12.3 Å². The first-order valence-corrected chi connectivity index (χ1v) is 8.25. The van der Waals surface area contributed by atoms with Gasteiger partial charge in [0.2, 0.25) is 0 Å². The minimum absolute atomic E-state index is 0.0400. The highest BCUT2D eigenvalue weighted by atomic mass is 32.2. The van der Waals surface area contributed by atoms with E-state index in [-0.39, 0.29) is 6.04 Å². The van der Waals surface area contributed by atoms with Crippen molar-refractivity contribution in [1.29, 1.82) is 5.26 Å². The molecular formula is C14H17N3S2. The van der Waals surface area contributed by atoms with Crippen molar-refractivity contribution in [3.05, 3.63) is 24.3 Å². The molecule has 0 aliphatic heterocycles. The molecule has 2 aromatic rings. The van der Waals surface area contributed by atoms with Gasteiger partial charge in [-0.2, -0.15) is 5.26 Å². The average Bonchev–Trinajstić information content (AvgIpc) is 2.85. The molecule has 0 fully saturated rings. The Bertz CT molecular complexity index is 526. The molecule has 0 aliphatic carbocycles. The number of nitriles is 1. The number of hydrogen-bond donors (Lipinski definition) is 1. The van der Waals surface area contributed by atoms with Crippen LogP contribution in [0, 0.1) is 11.3 Å². The van der Waals surface area contributed by atoms with Crippen LogP contribution in [0.4, 0.5) is 0 Å². The highest BCUT2D eigenvalue weighted by Gasteiger charge is 2.08. The molecule has 0 radical (unpaired) electrons. The Hall–Kier alpha value is -1.09. The number of nitrogens with zero attached hydrogens (tertiary/aromatic N) is 2. The summed E-state index contributed by atoms with van der Waals surface area (Å²) >= 11 is 3.46. The van der Waals surface area contributed by atoms with Crippen LogP contribution in [0.3, 0.4) is 0 Å². The van der Waals surface area contributed by atoms with Crippen LogP contribution in [0.15, 0.2) is 28.6 Å². The van der Waals surface area contributed by atoms with E-state index in [0.717, 1.165) is 35.0 Å². The molecule has 0 saturated carbocycles. The summed E-state index contributed by atoms with van der Waals surface area (Å²) in [5.41, 5.74) is 1.07. The van der Waals surface area contributed by atoms with Crippen molar-refractivity contribution >= 4 is 33.3 Å². The van der Waals surface area contributed by atoms with Gasteiger partial charge in [0.05, 0.1) is 22.3 Å². The van der Waals surface area contributed by atoms with Crippen LogP contribution < -0.4 is 5.32 Å². The number of benzene rings is 1. The molecule has 100 valence electrons. The number of thioether (sulfide) groups is 1. The van der Waals surface area contributed by atoms with Gasteiger partial charge in [-0.05, 0) is 31.5 Å². The zero-order valence-corrected chi connectivity index (χ0v) is 12.6. The molecule has 1 unspecified atom stereocenters. The third kappa shape index (κ3) is 4.20. The lowest BCUT2D eigenvalue weighted by Gasteiger charge is -2.09. The van der Waals surface area contributed by atoms with E-state index in [1.54, 1.807) is 23.1 Å². The minimum Gasteiger partial charge on any atom is -0.302 e. The second-order valence-corrected chi connectivity index (χ2v) is 6.59. The van der Waals surface area contributed by atoms with Gasteiger partial charge in [0.15, 0.2) is 4.34 Å². The lowest BCUT2D eigenvalue weighted by atomic mass is 10.2. The second kappa shape index (κ2) is 7.49. The van der Waals surface area contributed by atoms with Gasteiger partial charge >= 0.3 is 0 Å². The van der Waals surface area contributed by atoms with E-state index >= 15 is 0 Å². The molecule has 19 heavy (non-hydrogen) atoms. The Morgan fingerprint density at radius 2 is 2.32 bits per heavy atom. The first-order chi connectivity index (χ1) is 9.33. The quantitative estimate of drug-likeness (QED) is 0.791.